The minimum absolute atomic E-state index is 0. The van der Waals surface area contributed by atoms with Gasteiger partial charge in [-0.1, -0.05) is 71.1 Å². The standard InChI is InChI=1S/C14H27ClO2.Na/c1-2-3-4-5-6-7-8-9-10-11-12-13(15)14(16)17;/h13H,2-12H2,1H3,(H,16,17);/q;+1/p-1. The number of halogens is 1. The van der Waals surface area contributed by atoms with Gasteiger partial charge in [-0.2, -0.15) is 0 Å². The summed E-state index contributed by atoms with van der Waals surface area (Å²) in [5.74, 6) is -1.14. The molecule has 102 valence electrons. The number of hydrogen-bond acceptors (Lipinski definition) is 2. The third kappa shape index (κ3) is 14.8. The molecule has 2 nitrogen and oxygen atoms in total. The molecule has 1 unspecified atom stereocenters. The van der Waals surface area contributed by atoms with E-state index in [1.54, 1.807) is 0 Å². The molecule has 0 aliphatic carbocycles. The fraction of sp³-hybridized carbons (Fsp3) is 0.929. The third-order valence-corrected chi connectivity index (χ3v) is 3.46. The predicted octanol–water partition coefficient (Wildman–Crippen LogP) is 0.659. The molecule has 0 spiro atoms. The second kappa shape index (κ2) is 15.8. The molecule has 0 amide bonds. The summed E-state index contributed by atoms with van der Waals surface area (Å²) < 4.78 is 0. The van der Waals surface area contributed by atoms with Gasteiger partial charge in [0.2, 0.25) is 0 Å². The molecule has 1 atom stereocenters. The van der Waals surface area contributed by atoms with Crippen molar-refractivity contribution < 1.29 is 39.5 Å². The van der Waals surface area contributed by atoms with Gasteiger partial charge in [-0.3, -0.25) is 0 Å². The van der Waals surface area contributed by atoms with Gasteiger partial charge in [0.1, 0.15) is 0 Å². The number of carboxylic acids is 1. The monoisotopic (exact) mass is 284 g/mol. The van der Waals surface area contributed by atoms with E-state index in [1.807, 2.05) is 0 Å². The third-order valence-electron chi connectivity index (χ3n) is 3.07. The summed E-state index contributed by atoms with van der Waals surface area (Å²) in [6, 6.07) is 0. The van der Waals surface area contributed by atoms with E-state index >= 15 is 0 Å². The maximum absolute atomic E-state index is 10.3. The van der Waals surface area contributed by atoms with Crippen molar-refractivity contribution >= 4 is 17.6 Å². The SMILES string of the molecule is CCCCCCCCCCCCC(Cl)C(=O)[O-].[Na+]. The molecule has 0 rings (SSSR count). The topological polar surface area (TPSA) is 40.1 Å². The summed E-state index contributed by atoms with van der Waals surface area (Å²) in [5.41, 5.74) is 0. The number of aliphatic carboxylic acids is 1. The Hall–Kier alpha value is 0.760. The van der Waals surface area contributed by atoms with Gasteiger partial charge >= 0.3 is 29.6 Å². The van der Waals surface area contributed by atoms with Crippen molar-refractivity contribution in [3.8, 4) is 0 Å². The maximum atomic E-state index is 10.3. The smallest absolute Gasteiger partial charge is 0.549 e. The number of unbranched alkanes of at least 4 members (excludes halogenated alkanes) is 9. The quantitative estimate of drug-likeness (QED) is 0.300. The van der Waals surface area contributed by atoms with Gasteiger partial charge < -0.3 is 9.90 Å². The zero-order valence-corrected chi connectivity index (χ0v) is 14.8. The van der Waals surface area contributed by atoms with Gasteiger partial charge in [-0.05, 0) is 6.42 Å². The van der Waals surface area contributed by atoms with Crippen LogP contribution in [-0.4, -0.2) is 11.3 Å². The summed E-state index contributed by atoms with van der Waals surface area (Å²) in [7, 11) is 0. The van der Waals surface area contributed by atoms with E-state index in [1.165, 1.54) is 51.4 Å². The van der Waals surface area contributed by atoms with E-state index in [2.05, 4.69) is 6.92 Å². The van der Waals surface area contributed by atoms with Gasteiger partial charge in [0.15, 0.2) is 0 Å². The number of carboxylic acid groups (broad SMARTS) is 1. The van der Waals surface area contributed by atoms with Gasteiger partial charge in [-0.15, -0.1) is 11.6 Å². The van der Waals surface area contributed by atoms with Crippen LogP contribution in [0.1, 0.15) is 77.6 Å². The minimum atomic E-state index is -1.14. The fourth-order valence-electron chi connectivity index (χ4n) is 1.93. The summed E-state index contributed by atoms with van der Waals surface area (Å²) in [6.45, 7) is 2.23. The molecule has 0 aromatic heterocycles. The van der Waals surface area contributed by atoms with E-state index in [0.29, 0.717) is 6.42 Å². The van der Waals surface area contributed by atoms with Crippen LogP contribution in [0, 0.1) is 0 Å². The van der Waals surface area contributed by atoms with Crippen molar-refractivity contribution in [1.82, 2.24) is 0 Å². The van der Waals surface area contributed by atoms with E-state index in [4.69, 9.17) is 11.6 Å². The average Bonchev–Trinajstić information content (AvgIpc) is 2.31. The number of carbonyl (C=O) groups excluding carboxylic acids is 1. The molecule has 0 aromatic rings. The zero-order valence-electron chi connectivity index (χ0n) is 12.0. The second-order valence-electron chi connectivity index (χ2n) is 4.76. The average molecular weight is 285 g/mol. The molecule has 4 heteroatoms. The summed E-state index contributed by atoms with van der Waals surface area (Å²) in [5, 5.41) is 9.55. The number of carbonyl (C=O) groups is 1. The van der Waals surface area contributed by atoms with Crippen LogP contribution in [0.2, 0.25) is 0 Å². The van der Waals surface area contributed by atoms with E-state index in [9.17, 15) is 9.90 Å². The van der Waals surface area contributed by atoms with E-state index in [0.717, 1.165) is 12.8 Å². The molecule has 0 N–H and O–H groups in total. The largest absolute Gasteiger partial charge is 1.00 e. The van der Waals surface area contributed by atoms with Crippen LogP contribution in [-0.2, 0) is 4.79 Å². The number of alkyl halides is 1. The Kier molecular flexibility index (Phi) is 18.5. The molecular formula is C14H26ClNaO2. The Morgan fingerprint density at radius 3 is 1.72 bits per heavy atom. The van der Waals surface area contributed by atoms with E-state index in [-0.39, 0.29) is 29.6 Å². The molecule has 0 aliphatic heterocycles. The maximum Gasteiger partial charge on any atom is 1.00 e. The molecule has 0 aromatic carbocycles. The first kappa shape index (κ1) is 21.1. The van der Waals surface area contributed by atoms with Crippen molar-refractivity contribution in [2.75, 3.05) is 0 Å². The molecule has 0 bridgehead atoms. The first-order valence-electron chi connectivity index (χ1n) is 7.03. The summed E-state index contributed by atoms with van der Waals surface area (Å²) >= 11 is 5.56. The van der Waals surface area contributed by atoms with Crippen LogP contribution in [0.3, 0.4) is 0 Å². The molecular weight excluding hydrogens is 259 g/mol. The zero-order chi connectivity index (χ0) is 12.9. The number of rotatable bonds is 12. The van der Waals surface area contributed by atoms with Crippen LogP contribution >= 0.6 is 11.6 Å². The van der Waals surface area contributed by atoms with Crippen molar-refractivity contribution in [3.05, 3.63) is 0 Å². The van der Waals surface area contributed by atoms with Crippen LogP contribution in [0.25, 0.3) is 0 Å². The predicted molar refractivity (Wildman–Crippen MR) is 71.1 cm³/mol. The van der Waals surface area contributed by atoms with Crippen molar-refractivity contribution in [3.63, 3.8) is 0 Å². The van der Waals surface area contributed by atoms with Gasteiger partial charge in [0.25, 0.3) is 0 Å². The summed E-state index contributed by atoms with van der Waals surface area (Å²) in [6.07, 6.45) is 13.1. The second-order valence-corrected chi connectivity index (χ2v) is 5.28. The van der Waals surface area contributed by atoms with Gasteiger partial charge in [0.05, 0.1) is 11.3 Å². The molecule has 0 fully saturated rings. The van der Waals surface area contributed by atoms with Crippen molar-refractivity contribution in [2.24, 2.45) is 0 Å². The normalized spacial score (nSPS) is 11.9. The van der Waals surface area contributed by atoms with Gasteiger partial charge in [-0.25, -0.2) is 0 Å². The first-order valence-corrected chi connectivity index (χ1v) is 7.47. The van der Waals surface area contributed by atoms with Crippen molar-refractivity contribution in [2.45, 2.75) is 82.9 Å². The Labute approximate surface area is 139 Å². The van der Waals surface area contributed by atoms with E-state index < -0.39 is 11.3 Å². The molecule has 18 heavy (non-hydrogen) atoms. The fourth-order valence-corrected chi connectivity index (χ4v) is 2.08. The van der Waals surface area contributed by atoms with Crippen LogP contribution < -0.4 is 34.7 Å². The van der Waals surface area contributed by atoms with Crippen LogP contribution in [0.5, 0.6) is 0 Å². The van der Waals surface area contributed by atoms with Crippen LogP contribution in [0.4, 0.5) is 0 Å². The summed E-state index contributed by atoms with van der Waals surface area (Å²) in [4.78, 5) is 10.3. The molecule has 0 heterocycles. The molecule has 0 saturated heterocycles. The van der Waals surface area contributed by atoms with Gasteiger partial charge in [0, 0.05) is 0 Å². The molecule has 0 radical (unpaired) electrons. The number of hydrogen-bond donors (Lipinski definition) is 0. The molecule has 0 saturated carbocycles. The Bertz CT molecular complexity index is 189. The van der Waals surface area contributed by atoms with Crippen molar-refractivity contribution in [1.29, 1.82) is 0 Å². The Morgan fingerprint density at radius 2 is 1.33 bits per heavy atom. The molecule has 0 aliphatic rings. The van der Waals surface area contributed by atoms with Crippen LogP contribution in [0.15, 0.2) is 0 Å². The Balaban J connectivity index is 0. The first-order chi connectivity index (χ1) is 8.18. The Morgan fingerprint density at radius 1 is 0.944 bits per heavy atom. The minimum Gasteiger partial charge on any atom is -0.549 e.